The topological polar surface area (TPSA) is 53.2 Å². The Labute approximate surface area is 95.9 Å². The lowest BCUT2D eigenvalue weighted by Crippen LogP contribution is -2.38. The lowest BCUT2D eigenvalue weighted by molar-refractivity contribution is -0.893. The zero-order valence-corrected chi connectivity index (χ0v) is 10.2. The molecule has 0 unspecified atom stereocenters. The average molecular weight is 223 g/mol. The van der Waals surface area contributed by atoms with Gasteiger partial charge >= 0.3 is 11.7 Å². The summed E-state index contributed by atoms with van der Waals surface area (Å²) in [4.78, 5) is 11.7. The van der Waals surface area contributed by atoms with Crippen LogP contribution < -0.4 is 10.0 Å². The van der Waals surface area contributed by atoms with E-state index in [1.807, 2.05) is 33.8 Å². The summed E-state index contributed by atoms with van der Waals surface area (Å²) in [5, 5.41) is 12.3. The van der Waals surface area contributed by atoms with Crippen molar-refractivity contribution in [1.29, 1.82) is 0 Å². The highest BCUT2D eigenvalue weighted by Crippen LogP contribution is 2.15. The third-order valence-corrected chi connectivity index (χ3v) is 2.32. The van der Waals surface area contributed by atoms with E-state index in [0.717, 1.165) is 16.7 Å². The zero-order valence-electron chi connectivity index (χ0n) is 10.2. The maximum atomic E-state index is 11.7. The van der Waals surface area contributed by atoms with Crippen molar-refractivity contribution < 1.29 is 14.7 Å². The summed E-state index contributed by atoms with van der Waals surface area (Å²) in [6.45, 7) is 7.47. The minimum atomic E-state index is -0.476. The van der Waals surface area contributed by atoms with Gasteiger partial charge in [0.25, 0.3) is 0 Å². The first-order valence-corrected chi connectivity index (χ1v) is 5.40. The Hall–Kier alpha value is -1.58. The zero-order chi connectivity index (χ0) is 12.3. The fourth-order valence-electron chi connectivity index (χ4n) is 1.14. The summed E-state index contributed by atoms with van der Waals surface area (Å²) >= 11 is 0. The van der Waals surface area contributed by atoms with Crippen LogP contribution in [0.15, 0.2) is 18.3 Å². The van der Waals surface area contributed by atoms with Crippen molar-refractivity contribution in [2.75, 3.05) is 5.32 Å². The van der Waals surface area contributed by atoms with Gasteiger partial charge < -0.3 is 5.21 Å². The highest BCUT2D eigenvalue weighted by Gasteiger charge is 2.27. The van der Waals surface area contributed by atoms with Crippen LogP contribution in [0, 0.1) is 5.41 Å². The fraction of sp³-hybridized carbons (Fsp3) is 0.500. The minimum absolute atomic E-state index is 0.125. The molecule has 0 radical (unpaired) electrons. The Morgan fingerprint density at radius 3 is 2.50 bits per heavy atom. The number of nitrogens with one attached hydrogen (secondary N) is 1. The molecule has 88 valence electrons. The molecule has 4 nitrogen and oxygen atoms in total. The first-order valence-electron chi connectivity index (χ1n) is 5.40. The highest BCUT2D eigenvalue weighted by molar-refractivity contribution is 5.93. The molecule has 0 aromatic carbocycles. The van der Waals surface area contributed by atoms with Gasteiger partial charge in [-0.25, -0.2) is 10.1 Å². The number of nitrogens with zero attached hydrogens (tertiary/aromatic N) is 1. The number of amides is 1. The standard InChI is InChI=1S/C12H18N2O2/c1-5-9-6-7-10(14(16)8-9)13-11(15)12(2,3)4/h6-8,16H,5H2,1-4H3/p+1. The van der Waals surface area contributed by atoms with Gasteiger partial charge in [-0.1, -0.05) is 11.7 Å². The SMILES string of the molecule is CCc1ccc(NC(=O)C(C)(C)C)[n+](O)c1. The summed E-state index contributed by atoms with van der Waals surface area (Å²) in [7, 11) is 0. The van der Waals surface area contributed by atoms with E-state index in [4.69, 9.17) is 0 Å². The van der Waals surface area contributed by atoms with E-state index in [0.29, 0.717) is 5.82 Å². The van der Waals surface area contributed by atoms with Crippen LogP contribution in [-0.2, 0) is 11.2 Å². The summed E-state index contributed by atoms with van der Waals surface area (Å²) in [6, 6.07) is 3.58. The lowest BCUT2D eigenvalue weighted by atomic mass is 9.96. The summed E-state index contributed by atoms with van der Waals surface area (Å²) < 4.78 is 0.947. The van der Waals surface area contributed by atoms with E-state index in [-0.39, 0.29) is 5.91 Å². The molecule has 0 atom stereocenters. The second-order valence-corrected chi connectivity index (χ2v) is 4.82. The third-order valence-electron chi connectivity index (χ3n) is 2.32. The molecule has 0 aliphatic heterocycles. The van der Waals surface area contributed by atoms with Crippen LogP contribution in [0.25, 0.3) is 0 Å². The van der Waals surface area contributed by atoms with Crippen LogP contribution in [0.2, 0.25) is 0 Å². The van der Waals surface area contributed by atoms with Gasteiger partial charge in [-0.3, -0.25) is 0 Å². The molecule has 0 saturated heterocycles. The molecule has 16 heavy (non-hydrogen) atoms. The summed E-state index contributed by atoms with van der Waals surface area (Å²) in [6.07, 6.45) is 2.44. The molecule has 1 aromatic rings. The number of pyridine rings is 1. The van der Waals surface area contributed by atoms with Crippen molar-refractivity contribution in [3.63, 3.8) is 0 Å². The van der Waals surface area contributed by atoms with Crippen molar-refractivity contribution >= 4 is 11.7 Å². The van der Waals surface area contributed by atoms with Gasteiger partial charge in [0.15, 0.2) is 0 Å². The highest BCUT2D eigenvalue weighted by atomic mass is 16.5. The van der Waals surface area contributed by atoms with Crippen molar-refractivity contribution in [1.82, 2.24) is 0 Å². The Kier molecular flexibility index (Phi) is 3.52. The predicted octanol–water partition coefficient (Wildman–Crippen LogP) is 1.76. The van der Waals surface area contributed by atoms with E-state index in [1.54, 1.807) is 12.3 Å². The number of rotatable bonds is 2. The van der Waals surface area contributed by atoms with Crippen LogP contribution in [0.4, 0.5) is 5.82 Å². The number of anilines is 1. The van der Waals surface area contributed by atoms with Gasteiger partial charge in [-0.15, -0.1) is 0 Å². The Morgan fingerprint density at radius 2 is 2.06 bits per heavy atom. The molecule has 1 rings (SSSR count). The van der Waals surface area contributed by atoms with E-state index < -0.39 is 5.41 Å². The lowest BCUT2D eigenvalue weighted by Gasteiger charge is -2.13. The fourth-order valence-corrected chi connectivity index (χ4v) is 1.14. The Balaban J connectivity index is 2.87. The second kappa shape index (κ2) is 4.51. The number of carbonyl (C=O) groups is 1. The largest absolute Gasteiger partial charge is 0.350 e. The molecule has 1 aromatic heterocycles. The Morgan fingerprint density at radius 1 is 1.44 bits per heavy atom. The molecular weight excluding hydrogens is 204 g/mol. The van der Waals surface area contributed by atoms with Crippen LogP contribution in [-0.4, -0.2) is 11.1 Å². The Bertz CT molecular complexity index is 394. The van der Waals surface area contributed by atoms with Gasteiger partial charge in [-0.2, -0.15) is 0 Å². The average Bonchev–Trinajstić information content (AvgIpc) is 2.19. The van der Waals surface area contributed by atoms with Crippen molar-refractivity contribution in [2.24, 2.45) is 5.41 Å². The van der Waals surface area contributed by atoms with Crippen LogP contribution in [0.1, 0.15) is 33.3 Å². The van der Waals surface area contributed by atoms with E-state index in [9.17, 15) is 10.0 Å². The van der Waals surface area contributed by atoms with Crippen molar-refractivity contribution in [3.8, 4) is 0 Å². The minimum Gasteiger partial charge on any atom is -0.350 e. The van der Waals surface area contributed by atoms with Crippen LogP contribution in [0.5, 0.6) is 0 Å². The number of aryl methyl sites for hydroxylation is 1. The quantitative estimate of drug-likeness (QED) is 0.593. The molecule has 0 bridgehead atoms. The molecular formula is C12H19N2O2+. The van der Waals surface area contributed by atoms with E-state index in [1.165, 1.54) is 0 Å². The maximum absolute atomic E-state index is 11.7. The van der Waals surface area contributed by atoms with Gasteiger partial charge in [0.05, 0.1) is 5.41 Å². The number of carbonyl (C=O) groups excluding carboxylic acids is 1. The number of aromatic nitrogens is 1. The number of hydrogen-bond acceptors (Lipinski definition) is 2. The van der Waals surface area contributed by atoms with Crippen LogP contribution in [0.3, 0.4) is 0 Å². The summed E-state index contributed by atoms with van der Waals surface area (Å²) in [5.41, 5.74) is 0.535. The predicted molar refractivity (Wildman–Crippen MR) is 61.3 cm³/mol. The summed E-state index contributed by atoms with van der Waals surface area (Å²) in [5.74, 6) is 0.261. The maximum Gasteiger partial charge on any atom is 0.321 e. The van der Waals surface area contributed by atoms with Crippen LogP contribution >= 0.6 is 0 Å². The second-order valence-electron chi connectivity index (χ2n) is 4.82. The first-order chi connectivity index (χ1) is 7.34. The van der Waals surface area contributed by atoms with Gasteiger partial charge in [0.2, 0.25) is 0 Å². The van der Waals surface area contributed by atoms with Crippen molar-refractivity contribution in [3.05, 3.63) is 23.9 Å². The van der Waals surface area contributed by atoms with E-state index >= 15 is 0 Å². The van der Waals surface area contributed by atoms with Gasteiger partial charge in [0.1, 0.15) is 6.20 Å². The smallest absolute Gasteiger partial charge is 0.321 e. The van der Waals surface area contributed by atoms with Gasteiger partial charge in [-0.05, 0) is 38.8 Å². The number of hydrogen-bond donors (Lipinski definition) is 2. The van der Waals surface area contributed by atoms with E-state index in [2.05, 4.69) is 5.32 Å². The molecule has 1 heterocycles. The normalized spacial score (nSPS) is 11.2. The first kappa shape index (κ1) is 12.5. The van der Waals surface area contributed by atoms with Crippen molar-refractivity contribution in [2.45, 2.75) is 34.1 Å². The van der Waals surface area contributed by atoms with Gasteiger partial charge in [0, 0.05) is 6.07 Å². The molecule has 0 aliphatic rings. The molecule has 0 spiro atoms. The molecule has 0 saturated carbocycles. The molecule has 1 amide bonds. The molecule has 2 N–H and O–H groups in total. The monoisotopic (exact) mass is 223 g/mol. The molecule has 0 aliphatic carbocycles. The molecule has 0 fully saturated rings. The third kappa shape index (κ3) is 2.95. The molecule has 4 heteroatoms.